The van der Waals surface area contributed by atoms with Crippen LogP contribution in [0, 0.1) is 6.92 Å². The van der Waals surface area contributed by atoms with Gasteiger partial charge in [0.05, 0.1) is 24.1 Å². The number of rotatable bonds is 3. The molecule has 0 spiro atoms. The van der Waals surface area contributed by atoms with E-state index in [1.807, 2.05) is 0 Å². The van der Waals surface area contributed by atoms with E-state index >= 15 is 0 Å². The van der Waals surface area contributed by atoms with Crippen molar-refractivity contribution in [2.75, 3.05) is 0 Å². The third kappa shape index (κ3) is 1.71. The molecule has 1 N–H and O–H groups in total. The third-order valence-corrected chi connectivity index (χ3v) is 2.47. The molecule has 0 aromatic carbocycles. The van der Waals surface area contributed by atoms with E-state index in [0.29, 0.717) is 17.3 Å². The van der Waals surface area contributed by atoms with Crippen LogP contribution in [0.15, 0.2) is 22.8 Å². The maximum absolute atomic E-state index is 10.7. The minimum Gasteiger partial charge on any atom is -0.481 e. The molecule has 2 aromatic heterocycles. The second kappa shape index (κ2) is 3.84. The SMILES string of the molecule is Cc1nc(-c2ccco2)n(C)c1CC(=O)O. The normalized spacial score (nSPS) is 10.6. The number of aryl methyl sites for hydroxylation is 1. The van der Waals surface area contributed by atoms with Crippen molar-refractivity contribution in [3.8, 4) is 11.6 Å². The fourth-order valence-corrected chi connectivity index (χ4v) is 1.68. The van der Waals surface area contributed by atoms with Crippen molar-refractivity contribution in [3.63, 3.8) is 0 Å². The van der Waals surface area contributed by atoms with Crippen LogP contribution in [0.25, 0.3) is 11.6 Å². The van der Waals surface area contributed by atoms with Gasteiger partial charge in [-0.1, -0.05) is 0 Å². The predicted octanol–water partition coefficient (Wildman–Crippen LogP) is 1.62. The Morgan fingerprint density at radius 1 is 1.62 bits per heavy atom. The summed E-state index contributed by atoms with van der Waals surface area (Å²) in [5.41, 5.74) is 1.41. The summed E-state index contributed by atoms with van der Waals surface area (Å²) in [6, 6.07) is 3.57. The van der Waals surface area contributed by atoms with Gasteiger partial charge in [-0.2, -0.15) is 0 Å². The minimum atomic E-state index is -0.864. The van der Waals surface area contributed by atoms with Crippen LogP contribution in [-0.4, -0.2) is 20.6 Å². The number of aromatic nitrogens is 2. The van der Waals surface area contributed by atoms with E-state index in [4.69, 9.17) is 9.52 Å². The van der Waals surface area contributed by atoms with E-state index in [1.165, 1.54) is 0 Å². The Labute approximate surface area is 92.3 Å². The summed E-state index contributed by atoms with van der Waals surface area (Å²) in [5, 5.41) is 8.79. The van der Waals surface area contributed by atoms with Crippen LogP contribution in [-0.2, 0) is 18.3 Å². The van der Waals surface area contributed by atoms with E-state index in [2.05, 4.69) is 4.98 Å². The Bertz CT molecular complexity index is 512. The Kier molecular flexibility index (Phi) is 2.52. The lowest BCUT2D eigenvalue weighted by Gasteiger charge is -2.02. The van der Waals surface area contributed by atoms with Crippen LogP contribution in [0.1, 0.15) is 11.4 Å². The van der Waals surface area contributed by atoms with E-state index in [-0.39, 0.29) is 6.42 Å². The third-order valence-electron chi connectivity index (χ3n) is 2.47. The highest BCUT2D eigenvalue weighted by Gasteiger charge is 2.16. The largest absolute Gasteiger partial charge is 0.481 e. The molecule has 5 nitrogen and oxygen atoms in total. The standard InChI is InChI=1S/C11H12N2O3/c1-7-8(6-10(14)15)13(2)11(12-7)9-4-3-5-16-9/h3-5H,6H2,1-2H3,(H,14,15). The van der Waals surface area contributed by atoms with E-state index in [9.17, 15) is 4.79 Å². The van der Waals surface area contributed by atoms with Gasteiger partial charge in [-0.15, -0.1) is 0 Å². The van der Waals surface area contributed by atoms with Gasteiger partial charge in [0.25, 0.3) is 0 Å². The van der Waals surface area contributed by atoms with Crippen LogP contribution in [0.4, 0.5) is 0 Å². The molecule has 0 fully saturated rings. The maximum atomic E-state index is 10.7. The number of carboxylic acid groups (broad SMARTS) is 1. The first-order chi connectivity index (χ1) is 7.59. The molecule has 0 amide bonds. The van der Waals surface area contributed by atoms with E-state index in [0.717, 1.165) is 5.69 Å². The Morgan fingerprint density at radius 3 is 2.94 bits per heavy atom. The molecule has 0 saturated carbocycles. The molecule has 0 saturated heterocycles. The van der Waals surface area contributed by atoms with Crippen LogP contribution in [0.3, 0.4) is 0 Å². The molecular formula is C11H12N2O3. The Morgan fingerprint density at radius 2 is 2.38 bits per heavy atom. The van der Waals surface area contributed by atoms with Crippen LogP contribution in [0.5, 0.6) is 0 Å². The first kappa shape index (κ1) is 10.5. The van der Waals surface area contributed by atoms with Gasteiger partial charge in [0, 0.05) is 7.05 Å². The molecular weight excluding hydrogens is 208 g/mol. The van der Waals surface area contributed by atoms with Crippen molar-refractivity contribution in [1.82, 2.24) is 9.55 Å². The molecule has 16 heavy (non-hydrogen) atoms. The predicted molar refractivity (Wildman–Crippen MR) is 57.0 cm³/mol. The number of hydrogen-bond donors (Lipinski definition) is 1. The van der Waals surface area contributed by atoms with Gasteiger partial charge >= 0.3 is 5.97 Å². The zero-order valence-electron chi connectivity index (χ0n) is 9.10. The fraction of sp³-hybridized carbons (Fsp3) is 0.273. The van der Waals surface area contributed by atoms with Crippen molar-refractivity contribution >= 4 is 5.97 Å². The van der Waals surface area contributed by atoms with Gasteiger partial charge in [-0.3, -0.25) is 4.79 Å². The smallest absolute Gasteiger partial charge is 0.309 e. The van der Waals surface area contributed by atoms with Crippen molar-refractivity contribution in [2.45, 2.75) is 13.3 Å². The minimum absolute atomic E-state index is 0.0317. The second-order valence-corrected chi connectivity index (χ2v) is 3.57. The summed E-state index contributed by atoms with van der Waals surface area (Å²) in [7, 11) is 1.79. The summed E-state index contributed by atoms with van der Waals surface area (Å²) in [6.45, 7) is 1.80. The van der Waals surface area contributed by atoms with Crippen molar-refractivity contribution in [3.05, 3.63) is 29.8 Å². The summed E-state index contributed by atoms with van der Waals surface area (Å²) in [4.78, 5) is 15.0. The molecule has 2 aromatic rings. The molecule has 0 unspecified atom stereocenters. The van der Waals surface area contributed by atoms with Crippen LogP contribution in [0.2, 0.25) is 0 Å². The molecule has 0 radical (unpaired) electrons. The lowest BCUT2D eigenvalue weighted by Crippen LogP contribution is -2.07. The molecule has 0 aliphatic carbocycles. The molecule has 0 aliphatic heterocycles. The van der Waals surface area contributed by atoms with Crippen molar-refractivity contribution < 1.29 is 14.3 Å². The molecule has 84 valence electrons. The zero-order valence-corrected chi connectivity index (χ0v) is 9.10. The van der Waals surface area contributed by atoms with Crippen LogP contribution < -0.4 is 0 Å². The summed E-state index contributed by atoms with van der Waals surface area (Å²) < 4.78 is 7.00. The quantitative estimate of drug-likeness (QED) is 0.853. The number of hydrogen-bond acceptors (Lipinski definition) is 3. The average Bonchev–Trinajstić information content (AvgIpc) is 2.80. The van der Waals surface area contributed by atoms with Crippen molar-refractivity contribution in [1.29, 1.82) is 0 Å². The first-order valence-corrected chi connectivity index (χ1v) is 4.87. The van der Waals surface area contributed by atoms with Crippen LogP contribution >= 0.6 is 0 Å². The average molecular weight is 220 g/mol. The van der Waals surface area contributed by atoms with E-state index < -0.39 is 5.97 Å². The highest BCUT2D eigenvalue weighted by molar-refractivity contribution is 5.70. The lowest BCUT2D eigenvalue weighted by molar-refractivity contribution is -0.136. The monoisotopic (exact) mass is 220 g/mol. The van der Waals surface area contributed by atoms with Gasteiger partial charge in [0.2, 0.25) is 0 Å². The molecule has 5 heteroatoms. The van der Waals surface area contributed by atoms with E-state index in [1.54, 1.807) is 36.9 Å². The number of furan rings is 1. The Balaban J connectivity index is 2.46. The van der Waals surface area contributed by atoms with Crippen molar-refractivity contribution in [2.24, 2.45) is 7.05 Å². The zero-order chi connectivity index (χ0) is 11.7. The lowest BCUT2D eigenvalue weighted by atomic mass is 10.2. The molecule has 0 aliphatic rings. The number of aliphatic carboxylic acids is 1. The number of carbonyl (C=O) groups is 1. The highest BCUT2D eigenvalue weighted by atomic mass is 16.4. The van der Waals surface area contributed by atoms with Gasteiger partial charge in [0.1, 0.15) is 0 Å². The molecule has 2 heterocycles. The Hall–Kier alpha value is -2.04. The molecule has 0 bridgehead atoms. The van der Waals surface area contributed by atoms with Gasteiger partial charge in [0.15, 0.2) is 11.6 Å². The van der Waals surface area contributed by atoms with Gasteiger partial charge < -0.3 is 14.1 Å². The summed E-state index contributed by atoms with van der Waals surface area (Å²) in [6.07, 6.45) is 1.53. The highest BCUT2D eigenvalue weighted by Crippen LogP contribution is 2.21. The van der Waals surface area contributed by atoms with Gasteiger partial charge in [-0.05, 0) is 19.1 Å². The maximum Gasteiger partial charge on any atom is 0.309 e. The molecule has 0 atom stereocenters. The summed E-state index contributed by atoms with van der Waals surface area (Å²) >= 11 is 0. The summed E-state index contributed by atoms with van der Waals surface area (Å²) in [5.74, 6) is 0.429. The van der Waals surface area contributed by atoms with Gasteiger partial charge in [-0.25, -0.2) is 4.98 Å². The molecule has 2 rings (SSSR count). The second-order valence-electron chi connectivity index (χ2n) is 3.57. The fourth-order valence-electron chi connectivity index (χ4n) is 1.68. The first-order valence-electron chi connectivity index (χ1n) is 4.87. The number of imidazole rings is 1. The topological polar surface area (TPSA) is 68.3 Å². The number of carboxylic acids is 1. The number of nitrogens with zero attached hydrogens (tertiary/aromatic N) is 2.